The highest BCUT2D eigenvalue weighted by Gasteiger charge is 2.14. The van der Waals surface area contributed by atoms with Gasteiger partial charge in [-0.2, -0.15) is 0 Å². The number of benzene rings is 1. The standard InChI is InChI=1S/C15H23Cl2NO/c1-3-5-6-7-8-14(18)11-9-13(17)15(19-4-2)10-12(11)16/h9-10,14H,3-8,18H2,1-2H3. The molecular weight excluding hydrogens is 281 g/mol. The van der Waals surface area contributed by atoms with Gasteiger partial charge in [-0.3, -0.25) is 0 Å². The zero-order valence-corrected chi connectivity index (χ0v) is 13.2. The largest absolute Gasteiger partial charge is 0.492 e. The highest BCUT2D eigenvalue weighted by atomic mass is 35.5. The van der Waals surface area contributed by atoms with Gasteiger partial charge in [-0.25, -0.2) is 0 Å². The van der Waals surface area contributed by atoms with Crippen molar-refractivity contribution in [1.82, 2.24) is 0 Å². The molecule has 2 nitrogen and oxygen atoms in total. The van der Waals surface area contributed by atoms with E-state index in [4.69, 9.17) is 33.7 Å². The van der Waals surface area contributed by atoms with Crippen LogP contribution in [0.15, 0.2) is 12.1 Å². The van der Waals surface area contributed by atoms with Crippen LogP contribution < -0.4 is 10.5 Å². The Bertz CT molecular complexity index is 396. The predicted molar refractivity (Wildman–Crippen MR) is 83.3 cm³/mol. The Labute approximate surface area is 126 Å². The summed E-state index contributed by atoms with van der Waals surface area (Å²) >= 11 is 12.4. The fourth-order valence-electron chi connectivity index (χ4n) is 2.04. The quantitative estimate of drug-likeness (QED) is 0.656. The van der Waals surface area contributed by atoms with Crippen LogP contribution in [0, 0.1) is 0 Å². The predicted octanol–water partition coefficient (Wildman–Crippen LogP) is 5.36. The molecule has 2 N–H and O–H groups in total. The molecule has 108 valence electrons. The van der Waals surface area contributed by atoms with Gasteiger partial charge in [0.25, 0.3) is 0 Å². The summed E-state index contributed by atoms with van der Waals surface area (Å²) in [6, 6.07) is 3.53. The number of halogens is 2. The van der Waals surface area contributed by atoms with Gasteiger partial charge in [0.1, 0.15) is 5.75 Å². The van der Waals surface area contributed by atoms with Gasteiger partial charge in [-0.05, 0) is 25.0 Å². The number of rotatable bonds is 8. The van der Waals surface area contributed by atoms with Crippen molar-refractivity contribution in [2.24, 2.45) is 5.73 Å². The van der Waals surface area contributed by atoms with E-state index in [1.165, 1.54) is 19.3 Å². The average molecular weight is 304 g/mol. The maximum atomic E-state index is 6.25. The molecule has 0 aliphatic heterocycles. The summed E-state index contributed by atoms with van der Waals surface area (Å²) in [7, 11) is 0. The molecule has 1 aromatic rings. The molecule has 0 amide bonds. The lowest BCUT2D eigenvalue weighted by Crippen LogP contribution is -2.11. The molecule has 1 atom stereocenters. The lowest BCUT2D eigenvalue weighted by molar-refractivity contribution is 0.340. The van der Waals surface area contributed by atoms with E-state index in [2.05, 4.69) is 6.92 Å². The summed E-state index contributed by atoms with van der Waals surface area (Å²) in [5, 5.41) is 1.21. The van der Waals surface area contributed by atoms with E-state index in [0.29, 0.717) is 22.4 Å². The van der Waals surface area contributed by atoms with E-state index >= 15 is 0 Å². The second kappa shape index (κ2) is 8.68. The number of nitrogens with two attached hydrogens (primary N) is 1. The second-order valence-corrected chi connectivity index (χ2v) is 5.51. The first-order valence-corrected chi connectivity index (χ1v) is 7.73. The van der Waals surface area contributed by atoms with E-state index in [1.807, 2.05) is 13.0 Å². The van der Waals surface area contributed by atoms with E-state index in [9.17, 15) is 0 Å². The van der Waals surface area contributed by atoms with Crippen LogP contribution in [0.3, 0.4) is 0 Å². The highest BCUT2D eigenvalue weighted by molar-refractivity contribution is 6.34. The third-order valence-corrected chi connectivity index (χ3v) is 3.74. The number of unbranched alkanes of at least 4 members (excludes halogenated alkanes) is 3. The molecule has 0 heterocycles. The molecule has 19 heavy (non-hydrogen) atoms. The molecular formula is C15H23Cl2NO. The van der Waals surface area contributed by atoms with Crippen LogP contribution in [0.5, 0.6) is 5.75 Å². The van der Waals surface area contributed by atoms with Crippen molar-refractivity contribution in [3.05, 3.63) is 27.7 Å². The van der Waals surface area contributed by atoms with Gasteiger partial charge in [0.05, 0.1) is 11.6 Å². The lowest BCUT2D eigenvalue weighted by atomic mass is 10.0. The smallest absolute Gasteiger partial charge is 0.139 e. The molecule has 0 bridgehead atoms. The van der Waals surface area contributed by atoms with Crippen molar-refractivity contribution in [2.75, 3.05) is 6.61 Å². The maximum absolute atomic E-state index is 6.25. The molecule has 1 rings (SSSR count). The van der Waals surface area contributed by atoms with Crippen LogP contribution in [-0.4, -0.2) is 6.61 Å². The van der Waals surface area contributed by atoms with Gasteiger partial charge in [-0.1, -0.05) is 55.8 Å². The second-order valence-electron chi connectivity index (χ2n) is 4.69. The first-order valence-electron chi connectivity index (χ1n) is 6.97. The molecule has 1 aromatic carbocycles. The first-order chi connectivity index (χ1) is 9.10. The van der Waals surface area contributed by atoms with E-state index in [0.717, 1.165) is 18.4 Å². The summed E-state index contributed by atoms with van der Waals surface area (Å²) in [5.74, 6) is 0.621. The van der Waals surface area contributed by atoms with Crippen molar-refractivity contribution in [3.8, 4) is 5.75 Å². The summed E-state index contributed by atoms with van der Waals surface area (Å²) in [6.45, 7) is 4.68. The summed E-state index contributed by atoms with van der Waals surface area (Å²) in [6.07, 6.45) is 5.75. The molecule has 0 aromatic heterocycles. The zero-order valence-electron chi connectivity index (χ0n) is 11.7. The number of ether oxygens (including phenoxy) is 1. The Morgan fingerprint density at radius 3 is 2.47 bits per heavy atom. The van der Waals surface area contributed by atoms with E-state index in [-0.39, 0.29) is 6.04 Å². The summed E-state index contributed by atoms with van der Waals surface area (Å²) in [5.41, 5.74) is 7.10. The minimum absolute atomic E-state index is 0.0578. The van der Waals surface area contributed by atoms with Crippen molar-refractivity contribution >= 4 is 23.2 Å². The number of hydrogen-bond donors (Lipinski definition) is 1. The Balaban J connectivity index is 2.69. The average Bonchev–Trinajstić information content (AvgIpc) is 2.38. The third-order valence-electron chi connectivity index (χ3n) is 3.12. The Hall–Kier alpha value is -0.440. The minimum Gasteiger partial charge on any atom is -0.492 e. The Kier molecular flexibility index (Phi) is 7.59. The van der Waals surface area contributed by atoms with Crippen molar-refractivity contribution in [2.45, 2.75) is 52.0 Å². The molecule has 0 aliphatic rings. The molecule has 0 aliphatic carbocycles. The fraction of sp³-hybridized carbons (Fsp3) is 0.600. The maximum Gasteiger partial charge on any atom is 0.139 e. The van der Waals surface area contributed by atoms with Gasteiger partial charge < -0.3 is 10.5 Å². The zero-order chi connectivity index (χ0) is 14.3. The molecule has 1 unspecified atom stereocenters. The molecule has 0 saturated heterocycles. The summed E-state index contributed by atoms with van der Waals surface area (Å²) in [4.78, 5) is 0. The third kappa shape index (κ3) is 5.21. The Morgan fingerprint density at radius 2 is 1.84 bits per heavy atom. The molecule has 0 radical (unpaired) electrons. The van der Waals surface area contributed by atoms with Crippen molar-refractivity contribution in [1.29, 1.82) is 0 Å². The minimum atomic E-state index is -0.0578. The fourth-order valence-corrected chi connectivity index (χ4v) is 2.56. The highest BCUT2D eigenvalue weighted by Crippen LogP contribution is 2.34. The molecule has 0 spiro atoms. The van der Waals surface area contributed by atoms with Gasteiger partial charge >= 0.3 is 0 Å². The monoisotopic (exact) mass is 303 g/mol. The topological polar surface area (TPSA) is 35.2 Å². The SMILES string of the molecule is CCCCCCC(N)c1cc(Cl)c(OCC)cc1Cl. The molecule has 4 heteroatoms. The van der Waals surface area contributed by atoms with Gasteiger partial charge in [0.15, 0.2) is 0 Å². The van der Waals surface area contributed by atoms with Crippen LogP contribution in [0.1, 0.15) is 57.6 Å². The van der Waals surface area contributed by atoms with Gasteiger partial charge in [0, 0.05) is 17.1 Å². The normalized spacial score (nSPS) is 12.5. The van der Waals surface area contributed by atoms with Crippen LogP contribution in [0.4, 0.5) is 0 Å². The van der Waals surface area contributed by atoms with Crippen LogP contribution >= 0.6 is 23.2 Å². The lowest BCUT2D eigenvalue weighted by Gasteiger charge is -2.16. The van der Waals surface area contributed by atoms with Crippen molar-refractivity contribution in [3.63, 3.8) is 0 Å². The van der Waals surface area contributed by atoms with Crippen molar-refractivity contribution < 1.29 is 4.74 Å². The molecule has 0 fully saturated rings. The van der Waals surface area contributed by atoms with Gasteiger partial charge in [-0.15, -0.1) is 0 Å². The molecule has 0 saturated carbocycles. The van der Waals surface area contributed by atoms with E-state index < -0.39 is 0 Å². The Morgan fingerprint density at radius 1 is 1.11 bits per heavy atom. The van der Waals surface area contributed by atoms with Gasteiger partial charge in [0.2, 0.25) is 0 Å². The van der Waals surface area contributed by atoms with Crippen LogP contribution in [0.25, 0.3) is 0 Å². The summed E-state index contributed by atoms with van der Waals surface area (Å²) < 4.78 is 5.41. The first kappa shape index (κ1) is 16.6. The van der Waals surface area contributed by atoms with E-state index in [1.54, 1.807) is 6.07 Å². The van der Waals surface area contributed by atoms with Crippen LogP contribution in [-0.2, 0) is 0 Å². The van der Waals surface area contributed by atoms with Crippen LogP contribution in [0.2, 0.25) is 10.0 Å². The number of hydrogen-bond acceptors (Lipinski definition) is 2.